The van der Waals surface area contributed by atoms with Crippen molar-refractivity contribution in [2.75, 3.05) is 32.2 Å². The van der Waals surface area contributed by atoms with Crippen molar-refractivity contribution in [3.8, 4) is 0 Å². The summed E-state index contributed by atoms with van der Waals surface area (Å²) in [6, 6.07) is 0. The van der Waals surface area contributed by atoms with Crippen LogP contribution in [0.25, 0.3) is 0 Å². The van der Waals surface area contributed by atoms with E-state index < -0.39 is 12.7 Å². The van der Waals surface area contributed by atoms with Crippen molar-refractivity contribution < 1.29 is 17.9 Å². The summed E-state index contributed by atoms with van der Waals surface area (Å²) in [5.74, 6) is 0.360. The van der Waals surface area contributed by atoms with Crippen LogP contribution in [0.5, 0.6) is 0 Å². The first-order valence-electron chi connectivity index (χ1n) is 3.47. The monoisotopic (exact) mass is 205 g/mol. The lowest BCUT2D eigenvalue weighted by molar-refractivity contribution is -0.125. The Kier molecular flexibility index (Phi) is 6.51. The van der Waals surface area contributed by atoms with Gasteiger partial charge in [0.25, 0.3) is 0 Å². The number of halogens is 4. The van der Waals surface area contributed by atoms with E-state index in [-0.39, 0.29) is 13.2 Å². The molecule has 0 aromatic carbocycles. The molecule has 0 radical (unpaired) electrons. The number of hydrogen-bond acceptors (Lipinski definition) is 2. The second-order valence-electron chi connectivity index (χ2n) is 2.09. The molecule has 0 rings (SSSR count). The molecule has 0 saturated heterocycles. The standard InChI is InChI=1S/C6H11ClF3NO/c7-1-3-12-4-2-11-5-6(8,9)10/h11H,1-5H2. The predicted octanol–water partition coefficient (Wildman–Crippen LogP) is 1.39. The molecule has 0 amide bonds. The van der Waals surface area contributed by atoms with Crippen LogP contribution >= 0.6 is 11.6 Å². The Morgan fingerprint density at radius 2 is 1.92 bits per heavy atom. The molecule has 0 unspecified atom stereocenters. The Balaban J connectivity index is 3.01. The van der Waals surface area contributed by atoms with Crippen LogP contribution in [-0.4, -0.2) is 38.4 Å². The molecule has 2 nitrogen and oxygen atoms in total. The van der Waals surface area contributed by atoms with Gasteiger partial charge >= 0.3 is 6.18 Å². The van der Waals surface area contributed by atoms with Crippen LogP contribution in [0, 0.1) is 0 Å². The van der Waals surface area contributed by atoms with Gasteiger partial charge in [-0.1, -0.05) is 0 Å². The summed E-state index contributed by atoms with van der Waals surface area (Å²) >= 11 is 5.26. The molecule has 0 aliphatic carbocycles. The van der Waals surface area contributed by atoms with Crippen LogP contribution in [0.3, 0.4) is 0 Å². The summed E-state index contributed by atoms with van der Waals surface area (Å²) in [5, 5.41) is 2.19. The molecular weight excluding hydrogens is 195 g/mol. The van der Waals surface area contributed by atoms with Crippen molar-refractivity contribution in [3.63, 3.8) is 0 Å². The average molecular weight is 206 g/mol. The fraction of sp³-hybridized carbons (Fsp3) is 1.00. The van der Waals surface area contributed by atoms with Crippen LogP contribution in [0.15, 0.2) is 0 Å². The fourth-order valence-electron chi connectivity index (χ4n) is 0.531. The third-order valence-electron chi connectivity index (χ3n) is 0.970. The molecular formula is C6H11ClF3NO. The molecule has 0 aromatic heterocycles. The Labute approximate surface area is 74.0 Å². The number of nitrogens with one attached hydrogen (secondary N) is 1. The van der Waals surface area contributed by atoms with Gasteiger partial charge in [-0.25, -0.2) is 0 Å². The van der Waals surface area contributed by atoms with Gasteiger partial charge in [0.05, 0.1) is 19.8 Å². The second-order valence-corrected chi connectivity index (χ2v) is 2.47. The molecule has 0 spiro atoms. The molecule has 0 atom stereocenters. The SMILES string of the molecule is FC(F)(F)CNCCOCCCl. The van der Waals surface area contributed by atoms with Crippen molar-refractivity contribution in [1.82, 2.24) is 5.32 Å². The maximum atomic E-state index is 11.5. The third kappa shape index (κ3) is 10.0. The van der Waals surface area contributed by atoms with Crippen molar-refractivity contribution in [2.45, 2.75) is 6.18 Å². The third-order valence-corrected chi connectivity index (χ3v) is 1.12. The minimum absolute atomic E-state index is 0.191. The van der Waals surface area contributed by atoms with Crippen molar-refractivity contribution >= 4 is 11.6 Å². The minimum atomic E-state index is -4.15. The van der Waals surface area contributed by atoms with E-state index in [4.69, 9.17) is 16.3 Å². The molecule has 74 valence electrons. The highest BCUT2D eigenvalue weighted by Gasteiger charge is 2.25. The molecule has 0 bridgehead atoms. The quantitative estimate of drug-likeness (QED) is 0.523. The van der Waals surface area contributed by atoms with Gasteiger partial charge in [-0.3, -0.25) is 0 Å². The van der Waals surface area contributed by atoms with Crippen molar-refractivity contribution in [2.24, 2.45) is 0 Å². The Bertz CT molecular complexity index is 109. The second kappa shape index (κ2) is 6.51. The highest BCUT2D eigenvalue weighted by molar-refractivity contribution is 6.17. The number of alkyl halides is 4. The first-order valence-corrected chi connectivity index (χ1v) is 4.01. The van der Waals surface area contributed by atoms with Gasteiger partial charge in [-0.15, -0.1) is 11.6 Å². The lowest BCUT2D eigenvalue weighted by atomic mass is 10.6. The van der Waals surface area contributed by atoms with E-state index in [9.17, 15) is 13.2 Å². The van der Waals surface area contributed by atoms with Gasteiger partial charge in [-0.2, -0.15) is 13.2 Å². The van der Waals surface area contributed by atoms with Gasteiger partial charge in [-0.05, 0) is 0 Å². The summed E-state index contributed by atoms with van der Waals surface area (Å²) < 4.78 is 39.4. The topological polar surface area (TPSA) is 21.3 Å². The average Bonchev–Trinajstić information content (AvgIpc) is 1.94. The van der Waals surface area contributed by atoms with E-state index in [1.165, 1.54) is 0 Å². The van der Waals surface area contributed by atoms with E-state index in [1.54, 1.807) is 0 Å². The molecule has 1 N–H and O–H groups in total. The number of rotatable bonds is 6. The maximum absolute atomic E-state index is 11.5. The minimum Gasteiger partial charge on any atom is -0.379 e. The van der Waals surface area contributed by atoms with Crippen molar-refractivity contribution in [3.05, 3.63) is 0 Å². The lowest BCUT2D eigenvalue weighted by Crippen LogP contribution is -2.31. The Hall–Kier alpha value is 0. The predicted molar refractivity (Wildman–Crippen MR) is 40.5 cm³/mol. The highest BCUT2D eigenvalue weighted by atomic mass is 35.5. The van der Waals surface area contributed by atoms with Gasteiger partial charge in [0, 0.05) is 12.4 Å². The first kappa shape index (κ1) is 12.0. The van der Waals surface area contributed by atoms with E-state index in [1.807, 2.05) is 0 Å². The van der Waals surface area contributed by atoms with Gasteiger partial charge in [0.15, 0.2) is 0 Å². The number of ether oxygens (including phenoxy) is 1. The molecule has 0 fully saturated rings. The molecule has 0 aromatic rings. The van der Waals surface area contributed by atoms with E-state index in [2.05, 4.69) is 5.32 Å². The smallest absolute Gasteiger partial charge is 0.379 e. The van der Waals surface area contributed by atoms with Gasteiger partial charge in [0.2, 0.25) is 0 Å². The van der Waals surface area contributed by atoms with Crippen LogP contribution in [0.1, 0.15) is 0 Å². The highest BCUT2D eigenvalue weighted by Crippen LogP contribution is 2.11. The summed E-state index contributed by atoms with van der Waals surface area (Å²) in [7, 11) is 0. The van der Waals surface area contributed by atoms with E-state index in [0.29, 0.717) is 12.5 Å². The van der Waals surface area contributed by atoms with Crippen LogP contribution < -0.4 is 5.32 Å². The Morgan fingerprint density at radius 1 is 1.25 bits per heavy atom. The molecule has 0 aliphatic rings. The normalized spacial score (nSPS) is 12.0. The summed E-state index contributed by atoms with van der Waals surface area (Å²) in [6.07, 6.45) is -4.15. The van der Waals surface area contributed by atoms with Gasteiger partial charge < -0.3 is 10.1 Å². The summed E-state index contributed by atoms with van der Waals surface area (Å²) in [5.41, 5.74) is 0. The zero-order valence-corrected chi connectivity index (χ0v) is 7.21. The maximum Gasteiger partial charge on any atom is 0.401 e. The molecule has 0 saturated carbocycles. The largest absolute Gasteiger partial charge is 0.401 e. The van der Waals surface area contributed by atoms with Crippen LogP contribution in [0.2, 0.25) is 0 Å². The lowest BCUT2D eigenvalue weighted by Gasteiger charge is -2.07. The zero-order valence-electron chi connectivity index (χ0n) is 6.46. The summed E-state index contributed by atoms with van der Waals surface area (Å²) in [6.45, 7) is -0.161. The Morgan fingerprint density at radius 3 is 2.42 bits per heavy atom. The first-order chi connectivity index (χ1) is 5.56. The molecule has 0 aliphatic heterocycles. The van der Waals surface area contributed by atoms with Gasteiger partial charge in [0.1, 0.15) is 0 Å². The van der Waals surface area contributed by atoms with Crippen LogP contribution in [-0.2, 0) is 4.74 Å². The van der Waals surface area contributed by atoms with Crippen molar-refractivity contribution in [1.29, 1.82) is 0 Å². The van der Waals surface area contributed by atoms with Crippen LogP contribution in [0.4, 0.5) is 13.2 Å². The van der Waals surface area contributed by atoms with E-state index >= 15 is 0 Å². The molecule has 12 heavy (non-hydrogen) atoms. The molecule has 0 heterocycles. The zero-order chi connectivity index (χ0) is 9.45. The fourth-order valence-corrected chi connectivity index (χ4v) is 0.640. The summed E-state index contributed by atoms with van der Waals surface area (Å²) in [4.78, 5) is 0. The number of hydrogen-bond donors (Lipinski definition) is 1. The van der Waals surface area contributed by atoms with E-state index in [0.717, 1.165) is 0 Å². The molecule has 6 heteroatoms.